The normalized spacial score (nSPS) is 50.3. The number of rotatable bonds is 3. The van der Waals surface area contributed by atoms with Gasteiger partial charge in [-0.2, -0.15) is 0 Å². The third-order valence-electron chi connectivity index (χ3n) is 5.21. The number of hydrogen-bond donors (Lipinski definition) is 0. The predicted molar refractivity (Wildman–Crippen MR) is 57.5 cm³/mol. The number of fused-ring (bicyclic) bond motifs is 1. The van der Waals surface area contributed by atoms with Crippen LogP contribution in [0.3, 0.4) is 0 Å². The van der Waals surface area contributed by atoms with Gasteiger partial charge in [0.1, 0.15) is 0 Å². The fourth-order valence-corrected chi connectivity index (χ4v) is 4.11. The highest BCUT2D eigenvalue weighted by atomic mass is 14.6. The zero-order valence-electron chi connectivity index (χ0n) is 9.59. The van der Waals surface area contributed by atoms with Crippen molar-refractivity contribution in [3.63, 3.8) is 0 Å². The quantitative estimate of drug-likeness (QED) is 0.616. The van der Waals surface area contributed by atoms with E-state index >= 15 is 0 Å². The van der Waals surface area contributed by atoms with Crippen molar-refractivity contribution >= 4 is 0 Å². The number of hydrogen-bond acceptors (Lipinski definition) is 0. The van der Waals surface area contributed by atoms with Gasteiger partial charge in [0.2, 0.25) is 0 Å². The molecule has 0 aliphatic heterocycles. The van der Waals surface area contributed by atoms with Crippen LogP contribution in [0.2, 0.25) is 0 Å². The Bertz CT molecular complexity index is 178. The van der Waals surface area contributed by atoms with E-state index in [2.05, 4.69) is 27.7 Å². The summed E-state index contributed by atoms with van der Waals surface area (Å²) in [6, 6.07) is 0. The van der Waals surface area contributed by atoms with Crippen molar-refractivity contribution in [3.05, 3.63) is 0 Å². The first kappa shape index (κ1) is 9.55. The van der Waals surface area contributed by atoms with E-state index in [-0.39, 0.29) is 0 Å². The highest BCUT2D eigenvalue weighted by Gasteiger charge is 2.58. The molecular formula is C13H24. The van der Waals surface area contributed by atoms with E-state index < -0.39 is 0 Å². The Balaban J connectivity index is 1.90. The Morgan fingerprint density at radius 3 is 2.46 bits per heavy atom. The molecule has 2 fully saturated rings. The molecule has 0 aromatic heterocycles. The maximum Gasteiger partial charge on any atom is -0.0323 e. The molecule has 0 heterocycles. The summed E-state index contributed by atoms with van der Waals surface area (Å²) in [4.78, 5) is 0. The Hall–Kier alpha value is 0. The van der Waals surface area contributed by atoms with Gasteiger partial charge in [-0.25, -0.2) is 0 Å². The van der Waals surface area contributed by atoms with Crippen molar-refractivity contribution in [2.45, 2.75) is 47.0 Å². The van der Waals surface area contributed by atoms with Crippen molar-refractivity contribution in [1.82, 2.24) is 0 Å². The van der Waals surface area contributed by atoms with Crippen LogP contribution in [0.4, 0.5) is 0 Å². The maximum absolute atomic E-state index is 2.49. The van der Waals surface area contributed by atoms with Crippen LogP contribution < -0.4 is 0 Å². The summed E-state index contributed by atoms with van der Waals surface area (Å²) in [6.45, 7) is 9.66. The van der Waals surface area contributed by atoms with Crippen molar-refractivity contribution in [2.75, 3.05) is 0 Å². The Kier molecular flexibility index (Phi) is 2.42. The van der Waals surface area contributed by atoms with Crippen molar-refractivity contribution < 1.29 is 0 Å². The van der Waals surface area contributed by atoms with Crippen LogP contribution in [0.25, 0.3) is 0 Å². The molecule has 0 amide bonds. The standard InChI is InChI=1S/C13H24/c1-5-8(3)11-7-12-10(6-2)9(4)13(11)12/h8-13H,5-7H2,1-4H3. The molecule has 0 bridgehead atoms. The fourth-order valence-electron chi connectivity index (χ4n) is 4.11. The molecule has 2 saturated carbocycles. The van der Waals surface area contributed by atoms with Crippen molar-refractivity contribution in [2.24, 2.45) is 35.5 Å². The molecule has 0 nitrogen and oxygen atoms in total. The van der Waals surface area contributed by atoms with E-state index in [0.29, 0.717) is 0 Å². The average molecular weight is 180 g/mol. The molecule has 0 aromatic carbocycles. The lowest BCUT2D eigenvalue weighted by atomic mass is 9.40. The van der Waals surface area contributed by atoms with Crippen LogP contribution >= 0.6 is 0 Å². The van der Waals surface area contributed by atoms with Gasteiger partial charge in [-0.3, -0.25) is 0 Å². The molecular weight excluding hydrogens is 156 g/mol. The van der Waals surface area contributed by atoms with E-state index in [1.54, 1.807) is 6.42 Å². The molecule has 6 atom stereocenters. The lowest BCUT2D eigenvalue weighted by molar-refractivity contribution is -0.162. The maximum atomic E-state index is 2.49. The van der Waals surface area contributed by atoms with Crippen LogP contribution in [-0.2, 0) is 0 Å². The predicted octanol–water partition coefficient (Wildman–Crippen LogP) is 3.96. The molecule has 0 radical (unpaired) electrons. The van der Waals surface area contributed by atoms with Crippen LogP contribution in [0.1, 0.15) is 47.0 Å². The zero-order chi connectivity index (χ0) is 9.59. The van der Waals surface area contributed by atoms with E-state index in [1.165, 1.54) is 12.8 Å². The lowest BCUT2D eigenvalue weighted by Gasteiger charge is -2.64. The van der Waals surface area contributed by atoms with Gasteiger partial charge < -0.3 is 0 Å². The van der Waals surface area contributed by atoms with Gasteiger partial charge >= 0.3 is 0 Å². The third kappa shape index (κ3) is 1.17. The van der Waals surface area contributed by atoms with E-state index in [0.717, 1.165) is 35.5 Å². The topological polar surface area (TPSA) is 0 Å². The fraction of sp³-hybridized carbons (Fsp3) is 1.00. The summed E-state index contributed by atoms with van der Waals surface area (Å²) in [5, 5.41) is 0. The second-order valence-electron chi connectivity index (χ2n) is 5.46. The van der Waals surface area contributed by atoms with Gasteiger partial charge in [0, 0.05) is 0 Å². The second-order valence-corrected chi connectivity index (χ2v) is 5.46. The molecule has 6 unspecified atom stereocenters. The van der Waals surface area contributed by atoms with Gasteiger partial charge in [0.05, 0.1) is 0 Å². The Morgan fingerprint density at radius 2 is 2.00 bits per heavy atom. The van der Waals surface area contributed by atoms with Gasteiger partial charge in [-0.1, -0.05) is 40.5 Å². The van der Waals surface area contributed by atoms with Crippen LogP contribution in [0.5, 0.6) is 0 Å². The van der Waals surface area contributed by atoms with Gasteiger partial charge in [-0.15, -0.1) is 0 Å². The van der Waals surface area contributed by atoms with Gasteiger partial charge in [0.25, 0.3) is 0 Å². The largest absolute Gasteiger partial charge is 0.0651 e. The molecule has 0 spiro atoms. The van der Waals surface area contributed by atoms with E-state index in [1.807, 2.05) is 0 Å². The Morgan fingerprint density at radius 1 is 1.31 bits per heavy atom. The molecule has 0 aromatic rings. The van der Waals surface area contributed by atoms with Crippen molar-refractivity contribution in [3.8, 4) is 0 Å². The van der Waals surface area contributed by atoms with Crippen molar-refractivity contribution in [1.29, 1.82) is 0 Å². The first-order valence-electron chi connectivity index (χ1n) is 6.20. The Labute approximate surface area is 83.1 Å². The second kappa shape index (κ2) is 3.29. The minimum Gasteiger partial charge on any atom is -0.0651 e. The summed E-state index contributed by atoms with van der Waals surface area (Å²) >= 11 is 0. The zero-order valence-corrected chi connectivity index (χ0v) is 9.59. The summed E-state index contributed by atoms with van der Waals surface area (Å²) in [7, 11) is 0. The van der Waals surface area contributed by atoms with Gasteiger partial charge in [0.15, 0.2) is 0 Å². The molecule has 0 saturated heterocycles. The SMILES string of the molecule is CCC(C)C1CC2C(CC)C(C)C12. The highest BCUT2D eigenvalue weighted by molar-refractivity contribution is 5.06. The van der Waals surface area contributed by atoms with Gasteiger partial charge in [-0.05, 0) is 41.9 Å². The summed E-state index contributed by atoms with van der Waals surface area (Å²) in [5.74, 6) is 6.47. The minimum atomic E-state index is 0.988. The first-order valence-corrected chi connectivity index (χ1v) is 6.20. The molecule has 76 valence electrons. The summed E-state index contributed by atoms with van der Waals surface area (Å²) < 4.78 is 0. The van der Waals surface area contributed by atoms with E-state index in [9.17, 15) is 0 Å². The molecule has 2 aliphatic carbocycles. The molecule has 2 rings (SSSR count). The summed E-state index contributed by atoms with van der Waals surface area (Å²) in [6.07, 6.45) is 4.37. The highest BCUT2D eigenvalue weighted by Crippen LogP contribution is 2.64. The molecule has 0 N–H and O–H groups in total. The summed E-state index contributed by atoms with van der Waals surface area (Å²) in [5.41, 5.74) is 0. The van der Waals surface area contributed by atoms with Crippen LogP contribution in [0.15, 0.2) is 0 Å². The molecule has 0 heteroatoms. The smallest absolute Gasteiger partial charge is 0.0323 e. The van der Waals surface area contributed by atoms with Crippen LogP contribution in [-0.4, -0.2) is 0 Å². The average Bonchev–Trinajstić information content (AvgIpc) is 2.10. The third-order valence-corrected chi connectivity index (χ3v) is 5.21. The van der Waals surface area contributed by atoms with E-state index in [4.69, 9.17) is 0 Å². The monoisotopic (exact) mass is 180 g/mol. The van der Waals surface area contributed by atoms with Crippen LogP contribution in [0, 0.1) is 35.5 Å². The molecule has 13 heavy (non-hydrogen) atoms. The molecule has 2 aliphatic rings. The minimum absolute atomic E-state index is 0.988. The lowest BCUT2D eigenvalue weighted by Crippen LogP contribution is -2.58. The first-order chi connectivity index (χ1) is 6.20.